The van der Waals surface area contributed by atoms with Crippen LogP contribution in [0.4, 0.5) is 28.9 Å². The monoisotopic (exact) mass is 436 g/mol. The summed E-state index contributed by atoms with van der Waals surface area (Å²) in [5.41, 5.74) is 1.17. The van der Waals surface area contributed by atoms with E-state index in [1.165, 1.54) is 36.4 Å². The average molecular weight is 436 g/mol. The van der Waals surface area contributed by atoms with E-state index in [-0.39, 0.29) is 5.01 Å². The highest BCUT2D eigenvalue weighted by Gasteiger charge is 2.32. The van der Waals surface area contributed by atoms with E-state index in [0.717, 1.165) is 29.5 Å². The fourth-order valence-electron chi connectivity index (χ4n) is 3.31. The lowest BCUT2D eigenvalue weighted by molar-refractivity contribution is -0.137. The number of nitrogens with one attached hydrogen (secondary N) is 1. The first kappa shape index (κ1) is 20.3. The van der Waals surface area contributed by atoms with Crippen molar-refractivity contribution in [3.05, 3.63) is 69.4 Å². The van der Waals surface area contributed by atoms with Crippen molar-refractivity contribution in [1.29, 1.82) is 0 Å². The van der Waals surface area contributed by atoms with Gasteiger partial charge in [0.15, 0.2) is 0 Å². The van der Waals surface area contributed by atoms with Crippen LogP contribution in [0.3, 0.4) is 0 Å². The Balaban J connectivity index is 1.47. The number of anilines is 2. The molecule has 156 valence electrons. The molecule has 1 aromatic heterocycles. The van der Waals surface area contributed by atoms with E-state index in [4.69, 9.17) is 0 Å². The summed E-state index contributed by atoms with van der Waals surface area (Å²) in [4.78, 5) is 14.3. The van der Waals surface area contributed by atoms with Crippen LogP contribution >= 0.6 is 11.3 Å². The van der Waals surface area contributed by atoms with Gasteiger partial charge in [-0.15, -0.1) is 10.2 Å². The molecular weight excluding hydrogens is 420 g/mol. The molecule has 0 spiro atoms. The van der Waals surface area contributed by atoms with Crippen LogP contribution in [0, 0.1) is 5.82 Å². The minimum Gasteiger partial charge on any atom is -0.364 e. The second kappa shape index (κ2) is 8.02. The van der Waals surface area contributed by atoms with Gasteiger partial charge in [-0.3, -0.25) is 4.79 Å². The summed E-state index contributed by atoms with van der Waals surface area (Å²) in [6.07, 6.45) is -3.06. The van der Waals surface area contributed by atoms with Crippen molar-refractivity contribution in [1.82, 2.24) is 10.2 Å². The topological polar surface area (TPSA) is 58.1 Å². The molecule has 3 aromatic rings. The zero-order valence-corrected chi connectivity index (χ0v) is 16.4. The van der Waals surface area contributed by atoms with Gasteiger partial charge < -0.3 is 10.2 Å². The number of hydrogen-bond donors (Lipinski definition) is 1. The minimum atomic E-state index is -4.37. The maximum absolute atomic E-state index is 13.0. The number of fused-ring (bicyclic) bond motifs is 1. The third kappa shape index (κ3) is 4.43. The molecule has 0 aliphatic carbocycles. The number of alkyl halides is 3. The number of aryl methyl sites for hydroxylation is 1. The lowest BCUT2D eigenvalue weighted by atomic mass is 9.99. The fraction of sp³-hybridized carbons (Fsp3) is 0.250. The highest BCUT2D eigenvalue weighted by atomic mass is 32.1. The number of benzene rings is 2. The highest BCUT2D eigenvalue weighted by molar-refractivity contribution is 7.13. The maximum Gasteiger partial charge on any atom is 0.416 e. The molecule has 0 saturated carbocycles. The van der Waals surface area contributed by atoms with Crippen molar-refractivity contribution >= 4 is 28.6 Å². The number of rotatable bonds is 4. The van der Waals surface area contributed by atoms with E-state index in [1.54, 1.807) is 0 Å². The quantitative estimate of drug-likeness (QED) is 0.591. The first-order valence-corrected chi connectivity index (χ1v) is 9.95. The smallest absolute Gasteiger partial charge is 0.364 e. The molecule has 1 N–H and O–H groups in total. The van der Waals surface area contributed by atoms with Gasteiger partial charge in [0, 0.05) is 17.9 Å². The van der Waals surface area contributed by atoms with E-state index in [2.05, 4.69) is 15.5 Å². The Morgan fingerprint density at radius 1 is 1.13 bits per heavy atom. The SMILES string of the molecule is O=C(Nc1ccc(F)cc1)c1nnc(CN2CCCc3cc(C(F)(F)F)ccc32)s1. The van der Waals surface area contributed by atoms with Gasteiger partial charge in [-0.1, -0.05) is 11.3 Å². The van der Waals surface area contributed by atoms with Crippen LogP contribution in [0.25, 0.3) is 0 Å². The molecule has 4 rings (SSSR count). The summed E-state index contributed by atoms with van der Waals surface area (Å²) in [6, 6.07) is 9.12. The van der Waals surface area contributed by atoms with Crippen LogP contribution in [-0.2, 0) is 19.1 Å². The van der Waals surface area contributed by atoms with Gasteiger partial charge in [0.1, 0.15) is 10.8 Å². The first-order valence-electron chi connectivity index (χ1n) is 9.14. The van der Waals surface area contributed by atoms with Crippen molar-refractivity contribution in [2.45, 2.75) is 25.6 Å². The summed E-state index contributed by atoms with van der Waals surface area (Å²) in [5.74, 6) is -0.866. The number of carbonyl (C=O) groups excluding carboxylic acids is 1. The molecular formula is C20H16F4N4OS. The van der Waals surface area contributed by atoms with Gasteiger partial charge in [0.05, 0.1) is 12.1 Å². The summed E-state index contributed by atoms with van der Waals surface area (Å²) in [6.45, 7) is 1.02. The maximum atomic E-state index is 13.0. The van der Waals surface area contributed by atoms with E-state index in [9.17, 15) is 22.4 Å². The fourth-order valence-corrected chi connectivity index (χ4v) is 4.06. The molecule has 2 aromatic carbocycles. The minimum absolute atomic E-state index is 0.152. The zero-order chi connectivity index (χ0) is 21.3. The van der Waals surface area contributed by atoms with Crippen molar-refractivity contribution in [3.63, 3.8) is 0 Å². The molecule has 10 heteroatoms. The summed E-state index contributed by atoms with van der Waals surface area (Å²) < 4.78 is 51.9. The molecule has 0 atom stereocenters. The molecule has 1 aliphatic heterocycles. The molecule has 30 heavy (non-hydrogen) atoms. The standard InChI is InChI=1S/C20H16F4N4OS/c21-14-4-6-15(7-5-14)25-18(29)19-27-26-17(30-19)11-28-9-1-2-12-10-13(20(22,23)24)3-8-16(12)28/h3-8,10H,1-2,9,11H2,(H,25,29). The second-order valence-corrected chi connectivity index (χ2v) is 7.89. The third-order valence-corrected chi connectivity index (χ3v) is 5.62. The van der Waals surface area contributed by atoms with E-state index in [1.807, 2.05) is 4.90 Å². The number of nitrogens with zero attached hydrogens (tertiary/aromatic N) is 3. The number of carbonyl (C=O) groups is 1. The number of aromatic nitrogens is 2. The van der Waals surface area contributed by atoms with Crippen molar-refractivity contribution < 1.29 is 22.4 Å². The van der Waals surface area contributed by atoms with Gasteiger partial charge in [0.2, 0.25) is 5.01 Å². The van der Waals surface area contributed by atoms with Crippen molar-refractivity contribution in [2.24, 2.45) is 0 Å². The average Bonchev–Trinajstić information content (AvgIpc) is 3.18. The van der Waals surface area contributed by atoms with Crippen LogP contribution in [-0.4, -0.2) is 22.6 Å². The molecule has 0 unspecified atom stereocenters. The number of hydrogen-bond acceptors (Lipinski definition) is 5. The lowest BCUT2D eigenvalue weighted by Crippen LogP contribution is -2.29. The van der Waals surface area contributed by atoms with E-state index < -0.39 is 23.5 Å². The first-order chi connectivity index (χ1) is 14.3. The Hall–Kier alpha value is -3.01. The molecule has 5 nitrogen and oxygen atoms in total. The Bertz CT molecular complexity index is 1070. The molecule has 0 fully saturated rings. The summed E-state index contributed by atoms with van der Waals surface area (Å²) >= 11 is 1.11. The van der Waals surface area contributed by atoms with Crippen LogP contribution in [0.15, 0.2) is 42.5 Å². The Labute approximate surface area is 173 Å². The third-order valence-electron chi connectivity index (χ3n) is 4.71. The van der Waals surface area contributed by atoms with Gasteiger partial charge in [-0.25, -0.2) is 4.39 Å². The van der Waals surface area contributed by atoms with Gasteiger partial charge in [-0.05, 0) is 60.9 Å². The number of halogens is 4. The van der Waals surface area contributed by atoms with Gasteiger partial charge in [-0.2, -0.15) is 13.2 Å². The predicted octanol–water partition coefficient (Wildman–Crippen LogP) is 4.90. The van der Waals surface area contributed by atoms with Crippen LogP contribution in [0.2, 0.25) is 0 Å². The predicted molar refractivity (Wildman–Crippen MR) is 105 cm³/mol. The van der Waals surface area contributed by atoms with Crippen LogP contribution in [0.1, 0.15) is 32.4 Å². The van der Waals surface area contributed by atoms with E-state index in [0.29, 0.717) is 35.8 Å². The largest absolute Gasteiger partial charge is 0.416 e. The zero-order valence-electron chi connectivity index (χ0n) is 15.5. The Morgan fingerprint density at radius 3 is 2.63 bits per heavy atom. The van der Waals surface area contributed by atoms with Gasteiger partial charge >= 0.3 is 6.18 Å². The van der Waals surface area contributed by atoms with Crippen molar-refractivity contribution in [2.75, 3.05) is 16.8 Å². The van der Waals surface area contributed by atoms with Crippen molar-refractivity contribution in [3.8, 4) is 0 Å². The highest BCUT2D eigenvalue weighted by Crippen LogP contribution is 2.35. The van der Waals surface area contributed by atoms with Crippen LogP contribution < -0.4 is 10.2 Å². The van der Waals surface area contributed by atoms with Gasteiger partial charge in [0.25, 0.3) is 5.91 Å². The Kier molecular flexibility index (Phi) is 5.42. The molecule has 0 radical (unpaired) electrons. The summed E-state index contributed by atoms with van der Waals surface area (Å²) in [7, 11) is 0. The Morgan fingerprint density at radius 2 is 1.90 bits per heavy atom. The lowest BCUT2D eigenvalue weighted by Gasteiger charge is -2.31. The molecule has 2 heterocycles. The summed E-state index contributed by atoms with van der Waals surface area (Å²) in [5, 5.41) is 11.3. The molecule has 1 amide bonds. The van der Waals surface area contributed by atoms with E-state index >= 15 is 0 Å². The molecule has 1 aliphatic rings. The van der Waals surface area contributed by atoms with Crippen LogP contribution in [0.5, 0.6) is 0 Å². The number of amides is 1. The molecule has 0 bridgehead atoms. The second-order valence-electron chi connectivity index (χ2n) is 6.83. The normalized spacial score (nSPS) is 13.8. The molecule has 0 saturated heterocycles.